The Morgan fingerprint density at radius 1 is 1.12 bits per heavy atom. The van der Waals surface area contributed by atoms with Gasteiger partial charge in [-0.2, -0.15) is 0 Å². The van der Waals surface area contributed by atoms with Crippen LogP contribution in [0.25, 0.3) is 22.3 Å². The molecule has 0 saturated carbocycles. The number of hydrogen-bond acceptors (Lipinski definition) is 4. The summed E-state index contributed by atoms with van der Waals surface area (Å²) < 4.78 is 2.02. The lowest BCUT2D eigenvalue weighted by Gasteiger charge is -2.12. The number of hydrogen-bond donors (Lipinski definition) is 3. The van der Waals surface area contributed by atoms with Crippen molar-refractivity contribution in [2.24, 2.45) is 0 Å². The molecule has 0 aliphatic carbocycles. The summed E-state index contributed by atoms with van der Waals surface area (Å²) in [6.07, 6.45) is 1.74. The Hall–Kier alpha value is -3.35. The lowest BCUT2D eigenvalue weighted by Crippen LogP contribution is -2.03. The first-order valence-corrected chi connectivity index (χ1v) is 8.10. The fourth-order valence-corrected chi connectivity index (χ4v) is 2.91. The second kappa shape index (κ2) is 5.94. The summed E-state index contributed by atoms with van der Waals surface area (Å²) in [5.74, 6) is 0.816. The SMILES string of the molecule is CC(C)n1cnnc1-c1cccc(Nc2cccc3[nH][nH]c(=O)c23)c1. The van der Waals surface area contributed by atoms with Gasteiger partial charge in [0.2, 0.25) is 0 Å². The van der Waals surface area contributed by atoms with Crippen LogP contribution < -0.4 is 10.9 Å². The number of H-pyrrole nitrogens is 2. The zero-order valence-electron chi connectivity index (χ0n) is 13.9. The van der Waals surface area contributed by atoms with Crippen LogP contribution in [0.5, 0.6) is 0 Å². The van der Waals surface area contributed by atoms with Crippen molar-refractivity contribution >= 4 is 22.3 Å². The topological polar surface area (TPSA) is 91.4 Å². The van der Waals surface area contributed by atoms with Crippen LogP contribution in [0.2, 0.25) is 0 Å². The Morgan fingerprint density at radius 2 is 1.96 bits per heavy atom. The second-order valence-electron chi connectivity index (χ2n) is 6.17. The summed E-state index contributed by atoms with van der Waals surface area (Å²) in [6.45, 7) is 4.18. The minimum atomic E-state index is -0.145. The molecule has 25 heavy (non-hydrogen) atoms. The first kappa shape index (κ1) is 15.2. The molecule has 2 aromatic carbocycles. The van der Waals surface area contributed by atoms with Crippen molar-refractivity contribution in [1.29, 1.82) is 0 Å². The van der Waals surface area contributed by atoms with Crippen molar-refractivity contribution in [1.82, 2.24) is 25.0 Å². The Morgan fingerprint density at radius 3 is 2.80 bits per heavy atom. The van der Waals surface area contributed by atoms with Gasteiger partial charge in [0.1, 0.15) is 6.33 Å². The summed E-state index contributed by atoms with van der Waals surface area (Å²) in [5, 5.41) is 17.7. The molecule has 0 amide bonds. The van der Waals surface area contributed by atoms with E-state index in [0.717, 1.165) is 28.3 Å². The number of benzene rings is 2. The Kier molecular flexibility index (Phi) is 3.61. The molecule has 126 valence electrons. The van der Waals surface area contributed by atoms with Gasteiger partial charge in [0, 0.05) is 17.3 Å². The van der Waals surface area contributed by atoms with Crippen LogP contribution in [-0.2, 0) is 0 Å². The van der Waals surface area contributed by atoms with Crippen LogP contribution in [-0.4, -0.2) is 25.0 Å². The summed E-state index contributed by atoms with van der Waals surface area (Å²) in [7, 11) is 0. The Balaban J connectivity index is 1.74. The van der Waals surface area contributed by atoms with Gasteiger partial charge in [-0.25, -0.2) is 0 Å². The van der Waals surface area contributed by atoms with Gasteiger partial charge in [-0.3, -0.25) is 15.0 Å². The molecule has 7 nitrogen and oxygen atoms in total. The van der Waals surface area contributed by atoms with Crippen molar-refractivity contribution in [3.05, 3.63) is 59.1 Å². The minimum absolute atomic E-state index is 0.145. The molecule has 0 unspecified atom stereocenters. The molecule has 3 N–H and O–H groups in total. The van der Waals surface area contributed by atoms with Gasteiger partial charge in [-0.15, -0.1) is 10.2 Å². The molecule has 0 radical (unpaired) electrons. The van der Waals surface area contributed by atoms with E-state index >= 15 is 0 Å². The fourth-order valence-electron chi connectivity index (χ4n) is 2.91. The predicted molar refractivity (Wildman–Crippen MR) is 98.0 cm³/mol. The maximum absolute atomic E-state index is 12.0. The summed E-state index contributed by atoms with van der Waals surface area (Å²) in [5.41, 5.74) is 3.22. The second-order valence-corrected chi connectivity index (χ2v) is 6.17. The molecule has 0 saturated heterocycles. The quantitative estimate of drug-likeness (QED) is 0.533. The van der Waals surface area contributed by atoms with Crippen molar-refractivity contribution in [3.63, 3.8) is 0 Å². The van der Waals surface area contributed by atoms with Gasteiger partial charge in [-0.05, 0) is 38.1 Å². The van der Waals surface area contributed by atoms with Gasteiger partial charge < -0.3 is 9.88 Å². The number of nitrogens with zero attached hydrogens (tertiary/aromatic N) is 3. The molecule has 2 aromatic heterocycles. The molecule has 0 bridgehead atoms. The maximum Gasteiger partial charge on any atom is 0.273 e. The van der Waals surface area contributed by atoms with Gasteiger partial charge in [0.15, 0.2) is 5.82 Å². The van der Waals surface area contributed by atoms with E-state index in [2.05, 4.69) is 39.6 Å². The molecule has 0 spiro atoms. The lowest BCUT2D eigenvalue weighted by atomic mass is 10.1. The van der Waals surface area contributed by atoms with Crippen molar-refractivity contribution in [2.75, 3.05) is 5.32 Å². The third kappa shape index (κ3) is 2.69. The van der Waals surface area contributed by atoms with E-state index in [0.29, 0.717) is 5.39 Å². The zero-order chi connectivity index (χ0) is 17.4. The van der Waals surface area contributed by atoms with Crippen molar-refractivity contribution in [3.8, 4) is 11.4 Å². The van der Waals surface area contributed by atoms with Gasteiger partial charge in [-0.1, -0.05) is 18.2 Å². The van der Waals surface area contributed by atoms with E-state index in [-0.39, 0.29) is 11.6 Å². The standard InChI is InChI=1S/C18H18N6O/c1-11(2)24-10-19-22-17(24)12-5-3-6-13(9-12)20-14-7-4-8-15-16(14)18(25)23-21-15/h3-11,20H,1-2H3,(H2,21,23,25). The third-order valence-electron chi connectivity index (χ3n) is 4.13. The van der Waals surface area contributed by atoms with Crippen LogP contribution >= 0.6 is 0 Å². The van der Waals surface area contributed by atoms with E-state index in [1.807, 2.05) is 47.0 Å². The number of aromatic amines is 2. The van der Waals surface area contributed by atoms with Gasteiger partial charge in [0.25, 0.3) is 5.56 Å². The first-order chi connectivity index (χ1) is 12.1. The Bertz CT molecular complexity index is 1090. The molecule has 7 heteroatoms. The molecular formula is C18H18N6O. The van der Waals surface area contributed by atoms with Gasteiger partial charge >= 0.3 is 0 Å². The van der Waals surface area contributed by atoms with Crippen LogP contribution in [0, 0.1) is 0 Å². The van der Waals surface area contributed by atoms with Crippen LogP contribution in [0.1, 0.15) is 19.9 Å². The highest BCUT2D eigenvalue weighted by atomic mass is 16.1. The maximum atomic E-state index is 12.0. The van der Waals surface area contributed by atoms with Crippen LogP contribution in [0.4, 0.5) is 11.4 Å². The summed E-state index contributed by atoms with van der Waals surface area (Å²) in [4.78, 5) is 12.0. The summed E-state index contributed by atoms with van der Waals surface area (Å²) >= 11 is 0. The normalized spacial score (nSPS) is 11.3. The van der Waals surface area contributed by atoms with Crippen LogP contribution in [0.3, 0.4) is 0 Å². The largest absolute Gasteiger partial charge is 0.355 e. The number of aromatic nitrogens is 5. The fraction of sp³-hybridized carbons (Fsp3) is 0.167. The highest BCUT2D eigenvalue weighted by Crippen LogP contribution is 2.27. The number of nitrogens with one attached hydrogen (secondary N) is 3. The molecule has 0 atom stereocenters. The van der Waals surface area contributed by atoms with Crippen LogP contribution in [0.15, 0.2) is 53.6 Å². The van der Waals surface area contributed by atoms with E-state index in [1.165, 1.54) is 0 Å². The summed E-state index contributed by atoms with van der Waals surface area (Å²) in [6, 6.07) is 13.8. The molecule has 0 aliphatic rings. The molecule has 0 fully saturated rings. The van der Waals surface area contributed by atoms with Crippen molar-refractivity contribution in [2.45, 2.75) is 19.9 Å². The molecule has 2 heterocycles. The van der Waals surface area contributed by atoms with E-state index in [1.54, 1.807) is 6.33 Å². The molecular weight excluding hydrogens is 316 g/mol. The highest BCUT2D eigenvalue weighted by Gasteiger charge is 2.11. The molecule has 4 rings (SSSR count). The minimum Gasteiger partial charge on any atom is -0.355 e. The van der Waals surface area contributed by atoms with Crippen molar-refractivity contribution < 1.29 is 0 Å². The number of anilines is 2. The molecule has 4 aromatic rings. The lowest BCUT2D eigenvalue weighted by molar-refractivity contribution is 0.604. The van der Waals surface area contributed by atoms with E-state index in [9.17, 15) is 4.79 Å². The molecule has 0 aliphatic heterocycles. The predicted octanol–water partition coefficient (Wildman–Crippen LogP) is 3.44. The number of fused-ring (bicyclic) bond motifs is 1. The Labute approximate surface area is 143 Å². The van der Waals surface area contributed by atoms with E-state index in [4.69, 9.17) is 0 Å². The average Bonchev–Trinajstić information content (AvgIpc) is 3.23. The van der Waals surface area contributed by atoms with Gasteiger partial charge in [0.05, 0.1) is 16.6 Å². The highest BCUT2D eigenvalue weighted by molar-refractivity contribution is 5.92. The third-order valence-corrected chi connectivity index (χ3v) is 4.13. The smallest absolute Gasteiger partial charge is 0.273 e. The van der Waals surface area contributed by atoms with E-state index < -0.39 is 0 Å². The zero-order valence-corrected chi connectivity index (χ0v) is 13.9. The number of rotatable bonds is 4. The monoisotopic (exact) mass is 334 g/mol. The first-order valence-electron chi connectivity index (χ1n) is 8.10. The average molecular weight is 334 g/mol.